The van der Waals surface area contributed by atoms with Crippen LogP contribution in [0.2, 0.25) is 10.0 Å². The Morgan fingerprint density at radius 3 is 2.67 bits per heavy atom. The van der Waals surface area contributed by atoms with Crippen LogP contribution in [0.3, 0.4) is 0 Å². The molecule has 140 valence electrons. The van der Waals surface area contributed by atoms with Crippen LogP contribution in [0, 0.1) is 0 Å². The van der Waals surface area contributed by atoms with E-state index in [2.05, 4.69) is 16.0 Å². The zero-order valence-corrected chi connectivity index (χ0v) is 16.9. The number of nitrogens with one attached hydrogen (secondary N) is 3. The van der Waals surface area contributed by atoms with Crippen molar-refractivity contribution in [3.05, 3.63) is 69.3 Å². The maximum Gasteiger partial charge on any atom is 0.255 e. The first-order valence-electron chi connectivity index (χ1n) is 8.07. The predicted molar refractivity (Wildman–Crippen MR) is 112 cm³/mol. The van der Waals surface area contributed by atoms with Crippen molar-refractivity contribution in [2.75, 3.05) is 12.4 Å². The molecule has 1 unspecified atom stereocenters. The number of thiocarbonyl (C=S) groups is 1. The average Bonchev–Trinajstić information content (AvgIpc) is 2.64. The maximum absolute atomic E-state index is 13.0. The molecule has 3 rings (SSSR count). The van der Waals surface area contributed by atoms with Gasteiger partial charge < -0.3 is 20.7 Å². The van der Waals surface area contributed by atoms with Gasteiger partial charge in [-0.15, -0.1) is 0 Å². The fourth-order valence-corrected chi connectivity index (χ4v) is 3.41. The largest absolute Gasteiger partial charge is 0.497 e. The highest BCUT2D eigenvalue weighted by atomic mass is 35.5. The SMILES string of the molecule is COc1cccc(C2NC(=S)NC(C)=C2C(=O)Nc2ccc(Cl)c(Cl)c2)c1. The third-order valence-electron chi connectivity index (χ3n) is 4.12. The monoisotopic (exact) mass is 421 g/mol. The van der Waals surface area contributed by atoms with Gasteiger partial charge in [0, 0.05) is 11.4 Å². The van der Waals surface area contributed by atoms with Crippen molar-refractivity contribution in [1.82, 2.24) is 10.6 Å². The first-order chi connectivity index (χ1) is 12.9. The van der Waals surface area contributed by atoms with E-state index in [1.165, 1.54) is 0 Å². The summed E-state index contributed by atoms with van der Waals surface area (Å²) < 4.78 is 5.30. The maximum atomic E-state index is 13.0. The third-order valence-corrected chi connectivity index (χ3v) is 5.08. The number of rotatable bonds is 4. The number of ether oxygens (including phenoxy) is 1. The molecule has 1 aliphatic rings. The van der Waals surface area contributed by atoms with Crippen molar-refractivity contribution in [3.8, 4) is 5.75 Å². The van der Waals surface area contributed by atoms with E-state index in [4.69, 9.17) is 40.2 Å². The van der Waals surface area contributed by atoms with Gasteiger partial charge in [-0.3, -0.25) is 4.79 Å². The Kier molecular flexibility index (Phi) is 5.89. The second-order valence-corrected chi connectivity index (χ2v) is 7.15. The van der Waals surface area contributed by atoms with E-state index < -0.39 is 6.04 Å². The fourth-order valence-electron chi connectivity index (χ4n) is 2.84. The molecule has 1 amide bonds. The Morgan fingerprint density at radius 1 is 1.19 bits per heavy atom. The van der Waals surface area contributed by atoms with Gasteiger partial charge in [0.2, 0.25) is 0 Å². The molecule has 1 heterocycles. The topological polar surface area (TPSA) is 62.4 Å². The molecule has 1 aliphatic heterocycles. The van der Waals surface area contributed by atoms with Gasteiger partial charge in [0.1, 0.15) is 5.75 Å². The third kappa shape index (κ3) is 4.35. The summed E-state index contributed by atoms with van der Waals surface area (Å²) in [5.41, 5.74) is 2.59. The lowest BCUT2D eigenvalue weighted by Gasteiger charge is -2.30. The molecule has 0 fully saturated rings. The summed E-state index contributed by atoms with van der Waals surface area (Å²) in [4.78, 5) is 13.0. The van der Waals surface area contributed by atoms with Crippen molar-refractivity contribution in [2.45, 2.75) is 13.0 Å². The van der Waals surface area contributed by atoms with Gasteiger partial charge in [0.15, 0.2) is 5.11 Å². The summed E-state index contributed by atoms with van der Waals surface area (Å²) in [7, 11) is 1.60. The average molecular weight is 422 g/mol. The highest BCUT2D eigenvalue weighted by Gasteiger charge is 2.30. The zero-order valence-electron chi connectivity index (χ0n) is 14.6. The highest BCUT2D eigenvalue weighted by molar-refractivity contribution is 7.80. The summed E-state index contributed by atoms with van der Waals surface area (Å²) in [5, 5.41) is 10.3. The number of hydrogen-bond donors (Lipinski definition) is 3. The van der Waals surface area contributed by atoms with Crippen molar-refractivity contribution < 1.29 is 9.53 Å². The van der Waals surface area contributed by atoms with Crippen LogP contribution >= 0.6 is 35.4 Å². The minimum absolute atomic E-state index is 0.277. The summed E-state index contributed by atoms with van der Waals surface area (Å²) in [6.45, 7) is 1.81. The van der Waals surface area contributed by atoms with Crippen molar-refractivity contribution in [1.29, 1.82) is 0 Å². The summed E-state index contributed by atoms with van der Waals surface area (Å²) in [6.07, 6.45) is 0. The number of hydrogen-bond acceptors (Lipinski definition) is 3. The number of amides is 1. The molecular formula is C19H17Cl2N3O2S. The van der Waals surface area contributed by atoms with Crippen molar-refractivity contribution >= 4 is 52.1 Å². The summed E-state index contributed by atoms with van der Waals surface area (Å²) in [5.74, 6) is 0.418. The number of halogens is 2. The molecule has 3 N–H and O–H groups in total. The number of methoxy groups -OCH3 is 1. The lowest BCUT2D eigenvalue weighted by Crippen LogP contribution is -2.45. The van der Waals surface area contributed by atoms with Gasteiger partial charge in [-0.25, -0.2) is 0 Å². The second-order valence-electron chi connectivity index (χ2n) is 5.93. The summed E-state index contributed by atoms with van der Waals surface area (Å²) in [6, 6.07) is 12.0. The van der Waals surface area contributed by atoms with Crippen LogP contribution in [0.25, 0.3) is 0 Å². The highest BCUT2D eigenvalue weighted by Crippen LogP contribution is 2.31. The lowest BCUT2D eigenvalue weighted by molar-refractivity contribution is -0.113. The van der Waals surface area contributed by atoms with Gasteiger partial charge in [0.25, 0.3) is 5.91 Å². The Hall–Kier alpha value is -2.28. The molecule has 0 spiro atoms. The van der Waals surface area contributed by atoms with Crippen LogP contribution in [-0.2, 0) is 4.79 Å². The summed E-state index contributed by atoms with van der Waals surface area (Å²) >= 11 is 17.2. The lowest BCUT2D eigenvalue weighted by atomic mass is 9.94. The molecule has 0 radical (unpaired) electrons. The Balaban J connectivity index is 1.95. The number of carbonyl (C=O) groups is 1. The number of benzene rings is 2. The van der Waals surface area contributed by atoms with Crippen LogP contribution in [0.1, 0.15) is 18.5 Å². The molecule has 1 atom stereocenters. The molecule has 2 aromatic carbocycles. The van der Waals surface area contributed by atoms with Gasteiger partial charge in [0.05, 0.1) is 28.8 Å². The molecule has 0 aromatic heterocycles. The molecule has 8 heteroatoms. The van der Waals surface area contributed by atoms with Gasteiger partial charge in [-0.2, -0.15) is 0 Å². The van der Waals surface area contributed by atoms with Gasteiger partial charge in [-0.1, -0.05) is 35.3 Å². The Bertz CT molecular complexity index is 946. The van der Waals surface area contributed by atoms with E-state index in [9.17, 15) is 4.79 Å². The first kappa shape index (κ1) is 19.5. The van der Waals surface area contributed by atoms with Crippen LogP contribution in [0.4, 0.5) is 5.69 Å². The fraction of sp³-hybridized carbons (Fsp3) is 0.158. The number of anilines is 1. The molecule has 0 saturated carbocycles. The van der Waals surface area contributed by atoms with Gasteiger partial charge >= 0.3 is 0 Å². The van der Waals surface area contributed by atoms with Crippen LogP contribution in [0.5, 0.6) is 5.75 Å². The predicted octanol–water partition coefficient (Wildman–Crippen LogP) is 4.43. The number of allylic oxidation sites excluding steroid dienone is 1. The molecule has 27 heavy (non-hydrogen) atoms. The minimum Gasteiger partial charge on any atom is -0.497 e. The van der Waals surface area contributed by atoms with E-state index in [1.807, 2.05) is 31.2 Å². The molecule has 0 bridgehead atoms. The van der Waals surface area contributed by atoms with E-state index in [0.29, 0.717) is 37.9 Å². The van der Waals surface area contributed by atoms with Crippen LogP contribution in [-0.4, -0.2) is 18.1 Å². The molecule has 2 aromatic rings. The number of carbonyl (C=O) groups excluding carboxylic acids is 1. The standard InChI is InChI=1S/C19H17Cl2N3O2S/c1-10-16(18(25)23-12-6-7-14(20)15(21)9-12)17(24-19(27)22-10)11-4-3-5-13(8-11)26-2/h3-9,17H,1-2H3,(H,23,25)(H2,22,24,27). The van der Waals surface area contributed by atoms with Crippen LogP contribution < -0.4 is 20.7 Å². The molecule has 0 aliphatic carbocycles. The molecular weight excluding hydrogens is 405 g/mol. The quantitative estimate of drug-likeness (QED) is 0.637. The van der Waals surface area contributed by atoms with Crippen LogP contribution in [0.15, 0.2) is 53.7 Å². The van der Waals surface area contributed by atoms with E-state index in [-0.39, 0.29) is 5.91 Å². The first-order valence-corrected chi connectivity index (χ1v) is 9.24. The van der Waals surface area contributed by atoms with Crippen molar-refractivity contribution in [3.63, 3.8) is 0 Å². The Labute approximate surface area is 172 Å². The molecule has 5 nitrogen and oxygen atoms in total. The molecule has 0 saturated heterocycles. The van der Waals surface area contributed by atoms with E-state index in [1.54, 1.807) is 25.3 Å². The normalized spacial score (nSPS) is 16.4. The second kappa shape index (κ2) is 8.17. The van der Waals surface area contributed by atoms with E-state index >= 15 is 0 Å². The Morgan fingerprint density at radius 2 is 1.96 bits per heavy atom. The van der Waals surface area contributed by atoms with Crippen molar-refractivity contribution in [2.24, 2.45) is 0 Å². The minimum atomic E-state index is -0.420. The van der Waals surface area contributed by atoms with Gasteiger partial charge in [-0.05, 0) is 55.0 Å². The smallest absolute Gasteiger partial charge is 0.255 e. The zero-order chi connectivity index (χ0) is 19.6. The van der Waals surface area contributed by atoms with E-state index in [0.717, 1.165) is 5.56 Å².